The Kier molecular flexibility index (Phi) is 6.79. The number of esters is 1. The van der Waals surface area contributed by atoms with Gasteiger partial charge in [-0.05, 0) is 38.5 Å². The molecule has 0 spiro atoms. The van der Waals surface area contributed by atoms with Gasteiger partial charge in [-0.2, -0.15) is 5.10 Å². The molecule has 1 atom stereocenters. The number of halogens is 2. The Morgan fingerprint density at radius 3 is 2.48 bits per heavy atom. The summed E-state index contributed by atoms with van der Waals surface area (Å²) in [4.78, 5) is 25.4. The average molecular weight is 427 g/mol. The predicted molar refractivity (Wildman–Crippen MR) is 110 cm³/mol. The molecule has 0 aliphatic heterocycles. The zero-order valence-corrected chi connectivity index (χ0v) is 17.5. The fourth-order valence-corrected chi connectivity index (χ4v) is 3.40. The Labute approximate surface area is 178 Å². The van der Waals surface area contributed by atoms with E-state index in [4.69, 9.17) is 4.74 Å². The summed E-state index contributed by atoms with van der Waals surface area (Å²) in [6, 6.07) is 11.1. The highest BCUT2D eigenvalue weighted by Crippen LogP contribution is 2.25. The van der Waals surface area contributed by atoms with Crippen LogP contribution in [0.2, 0.25) is 0 Å². The molecule has 31 heavy (non-hydrogen) atoms. The van der Waals surface area contributed by atoms with Crippen LogP contribution < -0.4 is 5.32 Å². The van der Waals surface area contributed by atoms with Crippen LogP contribution in [0.3, 0.4) is 0 Å². The Bertz CT molecular complexity index is 1100. The molecule has 3 rings (SSSR count). The van der Waals surface area contributed by atoms with Crippen LogP contribution in [0.25, 0.3) is 0 Å². The Hall–Kier alpha value is -3.55. The normalized spacial score (nSPS) is 11.8. The van der Waals surface area contributed by atoms with Gasteiger partial charge in [0.2, 0.25) is 0 Å². The molecule has 0 radical (unpaired) electrons. The van der Waals surface area contributed by atoms with E-state index in [1.54, 1.807) is 25.5 Å². The Balaban J connectivity index is 1.95. The van der Waals surface area contributed by atoms with E-state index in [9.17, 15) is 18.4 Å². The highest BCUT2D eigenvalue weighted by atomic mass is 19.1. The van der Waals surface area contributed by atoms with Crippen molar-refractivity contribution in [3.8, 4) is 0 Å². The first kappa shape index (κ1) is 22.1. The minimum atomic E-state index is -1.19. The summed E-state index contributed by atoms with van der Waals surface area (Å²) >= 11 is 0. The number of aryl methyl sites for hydroxylation is 1. The number of ether oxygens (including phenoxy) is 1. The third kappa shape index (κ3) is 4.96. The third-order valence-electron chi connectivity index (χ3n) is 4.87. The minimum absolute atomic E-state index is 0.104. The maximum Gasteiger partial charge on any atom is 0.333 e. The van der Waals surface area contributed by atoms with Crippen molar-refractivity contribution < 1.29 is 23.1 Å². The van der Waals surface area contributed by atoms with Crippen LogP contribution in [0, 0.1) is 25.5 Å². The van der Waals surface area contributed by atoms with Gasteiger partial charge in [-0.1, -0.05) is 30.3 Å². The molecule has 162 valence electrons. The Morgan fingerprint density at radius 1 is 1.13 bits per heavy atom. The van der Waals surface area contributed by atoms with Crippen molar-refractivity contribution >= 4 is 11.9 Å². The van der Waals surface area contributed by atoms with E-state index in [0.717, 1.165) is 17.7 Å². The first-order chi connectivity index (χ1) is 14.8. The molecular weight excluding hydrogens is 404 g/mol. The summed E-state index contributed by atoms with van der Waals surface area (Å²) in [5, 5.41) is 7.04. The van der Waals surface area contributed by atoms with Gasteiger partial charge in [0.1, 0.15) is 11.6 Å². The van der Waals surface area contributed by atoms with Gasteiger partial charge in [-0.3, -0.25) is 9.48 Å². The molecule has 0 fully saturated rings. The van der Waals surface area contributed by atoms with Gasteiger partial charge in [0.25, 0.3) is 5.91 Å². The number of carbonyl (C=O) groups excluding carboxylic acids is 2. The van der Waals surface area contributed by atoms with Gasteiger partial charge in [0, 0.05) is 17.3 Å². The second-order valence-corrected chi connectivity index (χ2v) is 7.01. The SMILES string of the molecule is CCOC(=O)[C@@H](NC(=O)c1ccc(F)cc1F)c1c(C)nn(Cc2ccccc2)c1C. The number of amides is 1. The molecule has 0 aliphatic rings. The fraction of sp³-hybridized carbons (Fsp3) is 0.261. The van der Waals surface area contributed by atoms with E-state index in [1.165, 1.54) is 0 Å². The lowest BCUT2D eigenvalue weighted by Crippen LogP contribution is -2.36. The van der Waals surface area contributed by atoms with Gasteiger partial charge in [0.15, 0.2) is 6.04 Å². The maximum absolute atomic E-state index is 14.1. The zero-order chi connectivity index (χ0) is 22.5. The second-order valence-electron chi connectivity index (χ2n) is 7.01. The molecule has 1 amide bonds. The van der Waals surface area contributed by atoms with Crippen molar-refractivity contribution in [1.29, 1.82) is 0 Å². The third-order valence-corrected chi connectivity index (χ3v) is 4.87. The van der Waals surface area contributed by atoms with Crippen molar-refractivity contribution in [2.45, 2.75) is 33.4 Å². The number of hydrogen-bond acceptors (Lipinski definition) is 4. The van der Waals surface area contributed by atoms with Crippen LogP contribution in [0.1, 0.15) is 45.8 Å². The van der Waals surface area contributed by atoms with Crippen molar-refractivity contribution in [2.24, 2.45) is 0 Å². The summed E-state index contributed by atoms with van der Waals surface area (Å²) in [6.07, 6.45) is 0. The number of nitrogens with zero attached hydrogens (tertiary/aromatic N) is 2. The highest BCUT2D eigenvalue weighted by molar-refractivity contribution is 5.97. The molecule has 1 heterocycles. The van der Waals surface area contributed by atoms with Crippen molar-refractivity contribution in [2.75, 3.05) is 6.61 Å². The van der Waals surface area contributed by atoms with E-state index in [0.29, 0.717) is 29.6 Å². The molecule has 0 saturated carbocycles. The van der Waals surface area contributed by atoms with Crippen molar-refractivity contribution in [3.63, 3.8) is 0 Å². The summed E-state index contributed by atoms with van der Waals surface area (Å²) < 4.78 is 34.1. The van der Waals surface area contributed by atoms with Gasteiger partial charge in [-0.25, -0.2) is 13.6 Å². The number of carbonyl (C=O) groups is 2. The molecule has 0 saturated heterocycles. The minimum Gasteiger partial charge on any atom is -0.464 e. The highest BCUT2D eigenvalue weighted by Gasteiger charge is 2.31. The number of rotatable bonds is 7. The van der Waals surface area contributed by atoms with Crippen LogP contribution >= 0.6 is 0 Å². The van der Waals surface area contributed by atoms with Gasteiger partial charge in [0.05, 0.1) is 24.4 Å². The lowest BCUT2D eigenvalue weighted by molar-refractivity contribution is -0.145. The fourth-order valence-electron chi connectivity index (χ4n) is 3.40. The molecule has 8 heteroatoms. The van der Waals surface area contributed by atoms with Crippen LogP contribution in [-0.2, 0) is 16.1 Å². The summed E-state index contributed by atoms with van der Waals surface area (Å²) in [7, 11) is 0. The molecule has 6 nitrogen and oxygen atoms in total. The average Bonchev–Trinajstić information content (AvgIpc) is 3.00. The molecule has 3 aromatic rings. The number of benzene rings is 2. The number of hydrogen-bond donors (Lipinski definition) is 1. The maximum atomic E-state index is 14.1. The van der Waals surface area contributed by atoms with Gasteiger partial charge < -0.3 is 10.1 Å². The van der Waals surface area contributed by atoms with Crippen LogP contribution in [0.15, 0.2) is 48.5 Å². The zero-order valence-electron chi connectivity index (χ0n) is 17.5. The van der Waals surface area contributed by atoms with E-state index < -0.39 is 29.6 Å². The van der Waals surface area contributed by atoms with Crippen molar-refractivity contribution in [3.05, 3.63) is 88.2 Å². The summed E-state index contributed by atoms with van der Waals surface area (Å²) in [5.74, 6) is -3.37. The van der Waals surface area contributed by atoms with Gasteiger partial charge >= 0.3 is 5.97 Å². The van der Waals surface area contributed by atoms with Gasteiger partial charge in [-0.15, -0.1) is 0 Å². The summed E-state index contributed by atoms with van der Waals surface area (Å²) in [6.45, 7) is 5.74. The predicted octanol–water partition coefficient (Wildman–Crippen LogP) is 3.86. The standard InChI is InChI=1S/C23H23F2N3O3/c1-4-31-23(30)21(26-22(29)18-11-10-17(24)12-19(18)25)20-14(2)27-28(15(20)3)13-16-8-6-5-7-9-16/h5-12,21H,4,13H2,1-3H3,(H,26,29)/t21-/m0/s1. The molecule has 1 N–H and O–H groups in total. The molecule has 2 aromatic carbocycles. The number of aromatic nitrogens is 2. The van der Waals surface area contributed by atoms with E-state index in [1.807, 2.05) is 30.3 Å². The largest absolute Gasteiger partial charge is 0.464 e. The smallest absolute Gasteiger partial charge is 0.333 e. The van der Waals surface area contributed by atoms with E-state index in [-0.39, 0.29) is 12.2 Å². The monoisotopic (exact) mass is 427 g/mol. The lowest BCUT2D eigenvalue weighted by Gasteiger charge is -2.18. The topological polar surface area (TPSA) is 73.2 Å². The molecular formula is C23H23F2N3O3. The lowest BCUT2D eigenvalue weighted by atomic mass is 10.0. The second kappa shape index (κ2) is 9.51. The summed E-state index contributed by atoms with van der Waals surface area (Å²) in [5.41, 5.74) is 2.32. The quantitative estimate of drug-likeness (QED) is 0.581. The first-order valence-electron chi connectivity index (χ1n) is 9.82. The number of nitrogens with one attached hydrogen (secondary N) is 1. The van der Waals surface area contributed by atoms with Crippen LogP contribution in [-0.4, -0.2) is 28.3 Å². The van der Waals surface area contributed by atoms with Crippen molar-refractivity contribution in [1.82, 2.24) is 15.1 Å². The van der Waals surface area contributed by atoms with E-state index >= 15 is 0 Å². The molecule has 0 bridgehead atoms. The van der Waals surface area contributed by atoms with E-state index in [2.05, 4.69) is 10.4 Å². The first-order valence-corrected chi connectivity index (χ1v) is 9.82. The Morgan fingerprint density at radius 2 is 1.84 bits per heavy atom. The molecule has 0 aliphatic carbocycles. The molecule has 0 unspecified atom stereocenters. The molecule has 1 aromatic heterocycles. The van der Waals surface area contributed by atoms with Crippen LogP contribution in [0.4, 0.5) is 8.78 Å². The van der Waals surface area contributed by atoms with Crippen LogP contribution in [0.5, 0.6) is 0 Å².